The molecule has 0 fully saturated rings. The molecule has 0 aliphatic carbocycles. The molecule has 3 nitrogen and oxygen atoms in total. The molecule has 1 aromatic rings. The molecular formula is C12H17BrO3. The fourth-order valence-corrected chi connectivity index (χ4v) is 1.63. The summed E-state index contributed by atoms with van der Waals surface area (Å²) in [5.41, 5.74) is 0. The SMILES string of the molecule is COCC(C)OCCOc1cccc(Br)c1. The summed E-state index contributed by atoms with van der Waals surface area (Å²) in [6.07, 6.45) is 0.108. The number of rotatable bonds is 7. The molecular weight excluding hydrogens is 272 g/mol. The summed E-state index contributed by atoms with van der Waals surface area (Å²) in [6, 6.07) is 7.75. The first-order valence-corrected chi connectivity index (χ1v) is 6.00. The van der Waals surface area contributed by atoms with E-state index in [1.807, 2.05) is 31.2 Å². The van der Waals surface area contributed by atoms with Gasteiger partial charge in [0.15, 0.2) is 0 Å². The number of ether oxygens (including phenoxy) is 3. The Morgan fingerprint density at radius 1 is 1.31 bits per heavy atom. The lowest BCUT2D eigenvalue weighted by molar-refractivity contribution is -0.00214. The van der Waals surface area contributed by atoms with Crippen LogP contribution in [0.4, 0.5) is 0 Å². The molecule has 0 heterocycles. The second-order valence-electron chi connectivity index (χ2n) is 3.44. The Morgan fingerprint density at radius 3 is 2.81 bits per heavy atom. The number of benzene rings is 1. The Kier molecular flexibility index (Phi) is 6.45. The van der Waals surface area contributed by atoms with Crippen LogP contribution >= 0.6 is 15.9 Å². The lowest BCUT2D eigenvalue weighted by Gasteiger charge is -2.12. The van der Waals surface area contributed by atoms with Crippen molar-refractivity contribution in [3.05, 3.63) is 28.7 Å². The Morgan fingerprint density at radius 2 is 2.12 bits per heavy atom. The van der Waals surface area contributed by atoms with Gasteiger partial charge in [-0.1, -0.05) is 22.0 Å². The molecule has 90 valence electrons. The van der Waals surface area contributed by atoms with Crippen LogP contribution in [0.25, 0.3) is 0 Å². The largest absolute Gasteiger partial charge is 0.491 e. The van der Waals surface area contributed by atoms with E-state index in [4.69, 9.17) is 14.2 Å². The van der Waals surface area contributed by atoms with Crippen molar-refractivity contribution in [2.24, 2.45) is 0 Å². The summed E-state index contributed by atoms with van der Waals surface area (Å²) in [7, 11) is 1.66. The van der Waals surface area contributed by atoms with Crippen LogP contribution in [0.3, 0.4) is 0 Å². The maximum Gasteiger partial charge on any atom is 0.120 e. The monoisotopic (exact) mass is 288 g/mol. The third-order valence-electron chi connectivity index (χ3n) is 1.95. The Balaban J connectivity index is 2.16. The first kappa shape index (κ1) is 13.5. The zero-order valence-electron chi connectivity index (χ0n) is 9.61. The van der Waals surface area contributed by atoms with Crippen molar-refractivity contribution in [1.82, 2.24) is 0 Å². The smallest absolute Gasteiger partial charge is 0.120 e. The second-order valence-corrected chi connectivity index (χ2v) is 4.36. The van der Waals surface area contributed by atoms with Crippen molar-refractivity contribution < 1.29 is 14.2 Å². The predicted molar refractivity (Wildman–Crippen MR) is 66.9 cm³/mol. The summed E-state index contributed by atoms with van der Waals surface area (Å²) < 4.78 is 17.0. The quantitative estimate of drug-likeness (QED) is 0.722. The van der Waals surface area contributed by atoms with E-state index >= 15 is 0 Å². The highest BCUT2D eigenvalue weighted by Gasteiger charge is 2.00. The minimum absolute atomic E-state index is 0.108. The van der Waals surface area contributed by atoms with E-state index in [9.17, 15) is 0 Å². The highest BCUT2D eigenvalue weighted by Crippen LogP contribution is 2.17. The summed E-state index contributed by atoms with van der Waals surface area (Å²) in [5.74, 6) is 0.845. The van der Waals surface area contributed by atoms with Gasteiger partial charge in [0, 0.05) is 11.6 Å². The van der Waals surface area contributed by atoms with Gasteiger partial charge in [0.05, 0.1) is 19.3 Å². The summed E-state index contributed by atoms with van der Waals surface area (Å²) in [4.78, 5) is 0. The van der Waals surface area contributed by atoms with E-state index in [2.05, 4.69) is 15.9 Å². The van der Waals surface area contributed by atoms with Crippen molar-refractivity contribution in [3.63, 3.8) is 0 Å². The third kappa shape index (κ3) is 5.49. The maximum atomic E-state index is 5.52. The average Bonchev–Trinajstić information content (AvgIpc) is 2.25. The summed E-state index contributed by atoms with van der Waals surface area (Å²) in [5, 5.41) is 0. The van der Waals surface area contributed by atoms with Crippen molar-refractivity contribution in [3.8, 4) is 5.75 Å². The molecule has 0 bridgehead atoms. The van der Waals surface area contributed by atoms with Crippen LogP contribution in [-0.2, 0) is 9.47 Å². The minimum atomic E-state index is 0.108. The molecule has 0 spiro atoms. The highest BCUT2D eigenvalue weighted by molar-refractivity contribution is 9.10. The average molecular weight is 289 g/mol. The van der Waals surface area contributed by atoms with Crippen molar-refractivity contribution >= 4 is 15.9 Å². The highest BCUT2D eigenvalue weighted by atomic mass is 79.9. The molecule has 0 aromatic heterocycles. The van der Waals surface area contributed by atoms with Crippen LogP contribution in [0.2, 0.25) is 0 Å². The minimum Gasteiger partial charge on any atom is -0.491 e. The molecule has 0 saturated carbocycles. The standard InChI is InChI=1S/C12H17BrO3/c1-10(9-14-2)15-6-7-16-12-5-3-4-11(13)8-12/h3-5,8,10H,6-7,9H2,1-2H3. The van der Waals surface area contributed by atoms with Crippen molar-refractivity contribution in [2.45, 2.75) is 13.0 Å². The van der Waals surface area contributed by atoms with Gasteiger partial charge in [-0.3, -0.25) is 0 Å². The zero-order valence-corrected chi connectivity index (χ0v) is 11.2. The van der Waals surface area contributed by atoms with Gasteiger partial charge in [0.2, 0.25) is 0 Å². The van der Waals surface area contributed by atoms with Crippen LogP contribution in [0.1, 0.15) is 6.92 Å². The van der Waals surface area contributed by atoms with E-state index < -0.39 is 0 Å². The first-order chi connectivity index (χ1) is 7.72. The molecule has 4 heteroatoms. The van der Waals surface area contributed by atoms with Crippen LogP contribution in [0.5, 0.6) is 5.75 Å². The lowest BCUT2D eigenvalue weighted by atomic mass is 10.3. The molecule has 1 aromatic carbocycles. The van der Waals surface area contributed by atoms with Gasteiger partial charge in [-0.15, -0.1) is 0 Å². The van der Waals surface area contributed by atoms with Gasteiger partial charge in [0.25, 0.3) is 0 Å². The molecule has 0 saturated heterocycles. The first-order valence-electron chi connectivity index (χ1n) is 5.21. The van der Waals surface area contributed by atoms with Gasteiger partial charge >= 0.3 is 0 Å². The fourth-order valence-electron chi connectivity index (χ4n) is 1.25. The van der Waals surface area contributed by atoms with Gasteiger partial charge in [-0.25, -0.2) is 0 Å². The third-order valence-corrected chi connectivity index (χ3v) is 2.45. The van der Waals surface area contributed by atoms with Gasteiger partial charge in [0.1, 0.15) is 12.4 Å². The van der Waals surface area contributed by atoms with Crippen molar-refractivity contribution in [2.75, 3.05) is 26.9 Å². The van der Waals surface area contributed by atoms with Crippen molar-refractivity contribution in [1.29, 1.82) is 0 Å². The second kappa shape index (κ2) is 7.65. The van der Waals surface area contributed by atoms with Crippen LogP contribution in [0.15, 0.2) is 28.7 Å². The zero-order chi connectivity index (χ0) is 11.8. The van der Waals surface area contributed by atoms with E-state index in [-0.39, 0.29) is 6.10 Å². The van der Waals surface area contributed by atoms with Crippen LogP contribution < -0.4 is 4.74 Å². The fraction of sp³-hybridized carbons (Fsp3) is 0.500. The molecule has 1 rings (SSSR count). The topological polar surface area (TPSA) is 27.7 Å². The van der Waals surface area contributed by atoms with Crippen LogP contribution in [-0.4, -0.2) is 33.0 Å². The molecule has 0 N–H and O–H groups in total. The van der Waals surface area contributed by atoms with Gasteiger partial charge in [-0.05, 0) is 25.1 Å². The summed E-state index contributed by atoms with van der Waals surface area (Å²) >= 11 is 3.39. The number of methoxy groups -OCH3 is 1. The molecule has 0 radical (unpaired) electrons. The number of hydrogen-bond acceptors (Lipinski definition) is 3. The Labute approximate surface area is 105 Å². The van der Waals surface area contributed by atoms with E-state index in [1.165, 1.54) is 0 Å². The molecule has 0 aliphatic rings. The Hall–Kier alpha value is -0.580. The maximum absolute atomic E-state index is 5.52. The lowest BCUT2D eigenvalue weighted by Crippen LogP contribution is -2.18. The predicted octanol–water partition coefficient (Wildman–Crippen LogP) is 2.88. The number of halogens is 1. The molecule has 16 heavy (non-hydrogen) atoms. The molecule has 0 amide bonds. The van der Waals surface area contributed by atoms with E-state index in [1.54, 1.807) is 7.11 Å². The summed E-state index contributed by atoms with van der Waals surface area (Å²) in [6.45, 7) is 3.70. The molecule has 0 aliphatic heterocycles. The molecule has 1 atom stereocenters. The van der Waals surface area contributed by atoms with Gasteiger partial charge < -0.3 is 14.2 Å². The number of hydrogen-bond donors (Lipinski definition) is 0. The van der Waals surface area contributed by atoms with E-state index in [0.29, 0.717) is 19.8 Å². The molecule has 1 unspecified atom stereocenters. The van der Waals surface area contributed by atoms with Crippen LogP contribution in [0, 0.1) is 0 Å². The van der Waals surface area contributed by atoms with Gasteiger partial charge in [-0.2, -0.15) is 0 Å². The Bertz CT molecular complexity index is 304. The normalized spacial score (nSPS) is 12.4. The van der Waals surface area contributed by atoms with E-state index in [0.717, 1.165) is 10.2 Å².